The zero-order chi connectivity index (χ0) is 14.4. The summed E-state index contributed by atoms with van der Waals surface area (Å²) in [5.41, 5.74) is 0.546. The number of nitrogens with one attached hydrogen (secondary N) is 2. The molecule has 0 aliphatic carbocycles. The number of aromatic carboxylic acids is 1. The van der Waals surface area contributed by atoms with E-state index >= 15 is 0 Å². The van der Waals surface area contributed by atoms with Gasteiger partial charge in [0.05, 0.1) is 17.3 Å². The van der Waals surface area contributed by atoms with Gasteiger partial charge >= 0.3 is 12.0 Å². The highest BCUT2D eigenvalue weighted by Gasteiger charge is 2.11. The first-order valence-corrected chi connectivity index (χ1v) is 6.62. The van der Waals surface area contributed by atoms with Crippen molar-refractivity contribution in [1.29, 1.82) is 0 Å². The summed E-state index contributed by atoms with van der Waals surface area (Å²) in [7, 11) is 0. The van der Waals surface area contributed by atoms with Gasteiger partial charge in [-0.15, -0.1) is 6.42 Å². The first-order chi connectivity index (χ1) is 8.97. The third-order valence-electron chi connectivity index (χ3n) is 2.38. The minimum atomic E-state index is -1.05. The van der Waals surface area contributed by atoms with E-state index in [0.717, 1.165) is 3.57 Å². The molecule has 1 atom stereocenters. The van der Waals surface area contributed by atoms with Crippen LogP contribution in [0.3, 0.4) is 0 Å². The number of urea groups is 1. The summed E-state index contributed by atoms with van der Waals surface area (Å²) >= 11 is 2.01. The van der Waals surface area contributed by atoms with Crippen LogP contribution >= 0.6 is 22.6 Å². The van der Waals surface area contributed by atoms with Crippen LogP contribution in [0.1, 0.15) is 23.7 Å². The Morgan fingerprint density at radius 3 is 2.74 bits per heavy atom. The molecule has 0 aliphatic heterocycles. The Morgan fingerprint density at radius 2 is 2.21 bits per heavy atom. The van der Waals surface area contributed by atoms with Crippen molar-refractivity contribution in [3.05, 3.63) is 27.3 Å². The number of halogens is 1. The Bertz CT molecular complexity index is 537. The third-order valence-corrected chi connectivity index (χ3v) is 3.32. The largest absolute Gasteiger partial charge is 0.478 e. The van der Waals surface area contributed by atoms with Gasteiger partial charge < -0.3 is 15.7 Å². The Labute approximate surface area is 124 Å². The molecular formula is C13H13IN2O3. The van der Waals surface area contributed by atoms with Gasteiger partial charge in [0.25, 0.3) is 0 Å². The van der Waals surface area contributed by atoms with Crippen molar-refractivity contribution < 1.29 is 14.7 Å². The molecule has 1 aromatic rings. The molecule has 6 heteroatoms. The molecule has 0 aliphatic rings. The van der Waals surface area contributed by atoms with Gasteiger partial charge in [-0.25, -0.2) is 9.59 Å². The minimum absolute atomic E-state index is 0.111. The van der Waals surface area contributed by atoms with Crippen LogP contribution in [-0.2, 0) is 0 Å². The van der Waals surface area contributed by atoms with Gasteiger partial charge in [0.15, 0.2) is 0 Å². The number of terminal acetylenes is 1. The van der Waals surface area contributed by atoms with Crippen LogP contribution in [-0.4, -0.2) is 23.1 Å². The first kappa shape index (κ1) is 15.3. The fourth-order valence-electron chi connectivity index (χ4n) is 1.33. The Balaban J connectivity index is 2.82. The van der Waals surface area contributed by atoms with Gasteiger partial charge in [-0.2, -0.15) is 0 Å². The van der Waals surface area contributed by atoms with Gasteiger partial charge in [-0.05, 0) is 47.2 Å². The minimum Gasteiger partial charge on any atom is -0.478 e. The lowest BCUT2D eigenvalue weighted by atomic mass is 10.2. The molecule has 1 aromatic carbocycles. The quantitative estimate of drug-likeness (QED) is 0.562. The molecule has 5 nitrogen and oxygen atoms in total. The smallest absolute Gasteiger partial charge is 0.335 e. The van der Waals surface area contributed by atoms with Crippen LogP contribution in [0.25, 0.3) is 0 Å². The summed E-state index contributed by atoms with van der Waals surface area (Å²) in [5, 5.41) is 14.1. The van der Waals surface area contributed by atoms with E-state index in [1.165, 1.54) is 12.1 Å². The van der Waals surface area contributed by atoms with Crippen LogP contribution < -0.4 is 10.6 Å². The van der Waals surface area contributed by atoms with Gasteiger partial charge in [0.1, 0.15) is 0 Å². The number of rotatable bonds is 4. The van der Waals surface area contributed by atoms with Crippen LogP contribution in [0.15, 0.2) is 18.2 Å². The standard InChI is InChI=1S/C13H13IN2O3/c1-3-9(4-2)15-13(19)16-11-7-8(12(17)18)5-6-10(11)14/h1,5-7,9H,4H2,2H3,(H,17,18)(H2,15,16,19). The second-order valence-corrected chi connectivity index (χ2v) is 4.89. The first-order valence-electron chi connectivity index (χ1n) is 5.54. The number of benzene rings is 1. The van der Waals surface area contributed by atoms with Crippen molar-refractivity contribution in [1.82, 2.24) is 5.32 Å². The van der Waals surface area contributed by atoms with E-state index in [1.807, 2.05) is 29.5 Å². The highest BCUT2D eigenvalue weighted by molar-refractivity contribution is 14.1. The molecule has 0 radical (unpaired) electrons. The fourth-order valence-corrected chi connectivity index (χ4v) is 1.80. The maximum Gasteiger partial charge on any atom is 0.335 e. The predicted molar refractivity (Wildman–Crippen MR) is 81.2 cm³/mol. The van der Waals surface area contributed by atoms with E-state index in [4.69, 9.17) is 11.5 Å². The van der Waals surface area contributed by atoms with Crippen molar-refractivity contribution in [2.45, 2.75) is 19.4 Å². The lowest BCUT2D eigenvalue weighted by Crippen LogP contribution is -2.36. The van der Waals surface area contributed by atoms with Crippen molar-refractivity contribution in [3.63, 3.8) is 0 Å². The molecule has 0 spiro atoms. The van der Waals surface area contributed by atoms with Crippen molar-refractivity contribution in [2.24, 2.45) is 0 Å². The number of amides is 2. The summed E-state index contributed by atoms with van der Waals surface area (Å²) < 4.78 is 0.742. The molecule has 0 fully saturated rings. The number of carboxylic acids is 1. The number of hydrogen-bond donors (Lipinski definition) is 3. The van der Waals surface area contributed by atoms with Crippen LogP contribution in [0.2, 0.25) is 0 Å². The summed E-state index contributed by atoms with van der Waals surface area (Å²) in [6.07, 6.45) is 5.87. The van der Waals surface area contributed by atoms with E-state index < -0.39 is 12.0 Å². The van der Waals surface area contributed by atoms with E-state index in [2.05, 4.69) is 16.6 Å². The molecule has 0 bridgehead atoms. The second-order valence-electron chi connectivity index (χ2n) is 3.73. The molecule has 1 unspecified atom stereocenters. The zero-order valence-corrected chi connectivity index (χ0v) is 12.4. The van der Waals surface area contributed by atoms with E-state index in [-0.39, 0.29) is 11.6 Å². The lowest BCUT2D eigenvalue weighted by molar-refractivity contribution is 0.0697. The van der Waals surface area contributed by atoms with E-state index in [0.29, 0.717) is 12.1 Å². The predicted octanol–water partition coefficient (Wildman–Crippen LogP) is 2.52. The molecule has 0 saturated heterocycles. The summed E-state index contributed by atoms with van der Waals surface area (Å²) in [5.74, 6) is 1.40. The topological polar surface area (TPSA) is 78.4 Å². The third kappa shape index (κ3) is 4.44. The van der Waals surface area contributed by atoms with E-state index in [1.54, 1.807) is 6.07 Å². The Morgan fingerprint density at radius 1 is 1.53 bits per heavy atom. The van der Waals surface area contributed by atoms with Gasteiger partial charge in [0.2, 0.25) is 0 Å². The molecule has 0 saturated carbocycles. The monoisotopic (exact) mass is 372 g/mol. The molecule has 0 heterocycles. The molecule has 100 valence electrons. The highest BCUT2D eigenvalue weighted by Crippen LogP contribution is 2.19. The Kier molecular flexibility index (Phi) is 5.63. The number of carbonyl (C=O) groups excluding carboxylic acids is 1. The summed E-state index contributed by atoms with van der Waals surface area (Å²) in [4.78, 5) is 22.6. The zero-order valence-electron chi connectivity index (χ0n) is 10.2. The van der Waals surface area contributed by atoms with Crippen molar-refractivity contribution >= 4 is 40.3 Å². The molecule has 3 N–H and O–H groups in total. The SMILES string of the molecule is C#CC(CC)NC(=O)Nc1cc(C(=O)O)ccc1I. The summed E-state index contributed by atoms with van der Waals surface area (Å²) in [6, 6.07) is 3.70. The molecule has 1 rings (SSSR count). The normalized spacial score (nSPS) is 11.2. The van der Waals surface area contributed by atoms with Gasteiger partial charge in [-0.3, -0.25) is 0 Å². The lowest BCUT2D eigenvalue weighted by Gasteiger charge is -2.13. The molecule has 2 amide bonds. The van der Waals surface area contributed by atoms with Crippen LogP contribution in [0.4, 0.5) is 10.5 Å². The number of anilines is 1. The van der Waals surface area contributed by atoms with Crippen molar-refractivity contribution in [3.8, 4) is 12.3 Å². The van der Waals surface area contributed by atoms with Gasteiger partial charge in [0, 0.05) is 3.57 Å². The van der Waals surface area contributed by atoms with Crippen LogP contribution in [0.5, 0.6) is 0 Å². The molecular weight excluding hydrogens is 359 g/mol. The average molecular weight is 372 g/mol. The maximum atomic E-state index is 11.7. The maximum absolute atomic E-state index is 11.7. The average Bonchev–Trinajstić information content (AvgIpc) is 2.38. The number of carboxylic acid groups (broad SMARTS) is 1. The number of hydrogen-bond acceptors (Lipinski definition) is 2. The number of carbonyl (C=O) groups is 2. The fraction of sp³-hybridized carbons (Fsp3) is 0.231. The highest BCUT2D eigenvalue weighted by atomic mass is 127. The van der Waals surface area contributed by atoms with Crippen LogP contribution in [0, 0.1) is 15.9 Å². The second kappa shape index (κ2) is 6.99. The molecule has 19 heavy (non-hydrogen) atoms. The molecule has 0 aromatic heterocycles. The summed E-state index contributed by atoms with van der Waals surface area (Å²) in [6.45, 7) is 1.86. The Hall–Kier alpha value is -1.75. The van der Waals surface area contributed by atoms with Crippen molar-refractivity contribution in [2.75, 3.05) is 5.32 Å². The van der Waals surface area contributed by atoms with Gasteiger partial charge in [-0.1, -0.05) is 12.8 Å². The van der Waals surface area contributed by atoms with E-state index in [9.17, 15) is 9.59 Å².